The molecule has 1 fully saturated rings. The zero-order valence-corrected chi connectivity index (χ0v) is 18.3. The van der Waals surface area contributed by atoms with E-state index < -0.39 is 6.04 Å². The van der Waals surface area contributed by atoms with Gasteiger partial charge in [-0.25, -0.2) is 4.98 Å². The van der Waals surface area contributed by atoms with E-state index >= 15 is 0 Å². The van der Waals surface area contributed by atoms with E-state index in [1.165, 1.54) is 0 Å². The van der Waals surface area contributed by atoms with Gasteiger partial charge in [-0.15, -0.1) is 0 Å². The molecule has 1 aromatic heterocycles. The van der Waals surface area contributed by atoms with E-state index in [2.05, 4.69) is 10.3 Å². The number of para-hydroxylation sites is 2. The topological polar surface area (TPSA) is 75.4 Å². The quantitative estimate of drug-likeness (QED) is 0.669. The summed E-state index contributed by atoms with van der Waals surface area (Å²) in [5.74, 6) is 0.720. The minimum absolute atomic E-state index is 0.00368. The van der Waals surface area contributed by atoms with Crippen LogP contribution in [-0.2, 0) is 4.79 Å². The number of nitrogens with zero attached hydrogens (tertiary/aromatic N) is 2. The van der Waals surface area contributed by atoms with Crippen molar-refractivity contribution in [3.63, 3.8) is 0 Å². The van der Waals surface area contributed by atoms with Crippen LogP contribution in [0.25, 0.3) is 11.1 Å². The summed E-state index contributed by atoms with van der Waals surface area (Å²) in [4.78, 5) is 32.4. The molecule has 2 aromatic carbocycles. The molecule has 0 bridgehead atoms. The second kappa shape index (κ2) is 8.92. The van der Waals surface area contributed by atoms with Crippen LogP contribution < -0.4 is 5.32 Å². The maximum absolute atomic E-state index is 13.2. The van der Waals surface area contributed by atoms with Crippen molar-refractivity contribution in [2.75, 3.05) is 13.1 Å². The average molecular weight is 420 g/mol. The molecule has 1 aliphatic rings. The molecule has 1 N–H and O–H groups in total. The molecule has 0 radical (unpaired) electrons. The Morgan fingerprint density at radius 2 is 1.84 bits per heavy atom. The molecular formula is C25H29N3O3. The number of likely N-dealkylation sites (tertiary alicyclic amines) is 1. The van der Waals surface area contributed by atoms with Crippen molar-refractivity contribution in [1.29, 1.82) is 0 Å². The van der Waals surface area contributed by atoms with Gasteiger partial charge in [-0.1, -0.05) is 43.7 Å². The Kier molecular flexibility index (Phi) is 6.07. The Balaban J connectivity index is 1.40. The lowest BCUT2D eigenvalue weighted by atomic mass is 9.94. The fourth-order valence-electron chi connectivity index (χ4n) is 4.13. The third kappa shape index (κ3) is 4.63. The average Bonchev–Trinajstić information content (AvgIpc) is 3.21. The lowest BCUT2D eigenvalue weighted by Gasteiger charge is -2.34. The van der Waals surface area contributed by atoms with E-state index in [1.807, 2.05) is 68.1 Å². The summed E-state index contributed by atoms with van der Waals surface area (Å²) in [6, 6.07) is 14.6. The highest BCUT2D eigenvalue weighted by atomic mass is 16.3. The first kappa shape index (κ1) is 21.1. The van der Waals surface area contributed by atoms with E-state index in [0.717, 1.165) is 35.4 Å². The Morgan fingerprint density at radius 3 is 2.52 bits per heavy atom. The molecule has 0 spiro atoms. The molecule has 162 valence electrons. The molecule has 1 aliphatic heterocycles. The molecule has 4 rings (SSSR count). The van der Waals surface area contributed by atoms with Crippen molar-refractivity contribution < 1.29 is 14.0 Å². The SMILES string of the molecule is Cc1cccc(C(=O)N[C@H](C(=O)N2CCC(c3nc4ccccc4o3)CC2)C(C)C)c1. The highest BCUT2D eigenvalue weighted by Crippen LogP contribution is 2.30. The predicted octanol–water partition coefficient (Wildman–Crippen LogP) is 4.30. The van der Waals surface area contributed by atoms with Gasteiger partial charge in [-0.05, 0) is 49.9 Å². The van der Waals surface area contributed by atoms with Gasteiger partial charge in [0.2, 0.25) is 5.91 Å². The van der Waals surface area contributed by atoms with E-state index in [-0.39, 0.29) is 23.7 Å². The number of aryl methyl sites for hydroxylation is 1. The van der Waals surface area contributed by atoms with Crippen LogP contribution in [0.4, 0.5) is 0 Å². The van der Waals surface area contributed by atoms with Gasteiger partial charge in [-0.2, -0.15) is 0 Å². The molecule has 2 heterocycles. The zero-order valence-electron chi connectivity index (χ0n) is 18.3. The van der Waals surface area contributed by atoms with E-state index in [9.17, 15) is 9.59 Å². The number of benzene rings is 2. The van der Waals surface area contributed by atoms with Gasteiger partial charge >= 0.3 is 0 Å². The minimum atomic E-state index is -0.547. The van der Waals surface area contributed by atoms with Crippen LogP contribution in [0, 0.1) is 12.8 Å². The van der Waals surface area contributed by atoms with Crippen molar-refractivity contribution in [2.45, 2.75) is 45.6 Å². The van der Waals surface area contributed by atoms with Gasteiger partial charge in [0.15, 0.2) is 11.5 Å². The number of piperidine rings is 1. The Labute approximate surface area is 182 Å². The van der Waals surface area contributed by atoms with Crippen LogP contribution in [0.1, 0.15) is 54.4 Å². The summed E-state index contributed by atoms with van der Waals surface area (Å²) in [5, 5.41) is 2.96. The van der Waals surface area contributed by atoms with Gasteiger partial charge in [0.25, 0.3) is 5.91 Å². The highest BCUT2D eigenvalue weighted by Gasteiger charge is 2.33. The number of fused-ring (bicyclic) bond motifs is 1. The number of amides is 2. The zero-order chi connectivity index (χ0) is 22.0. The fourth-order valence-corrected chi connectivity index (χ4v) is 4.13. The van der Waals surface area contributed by atoms with Gasteiger partial charge < -0.3 is 14.6 Å². The molecule has 0 unspecified atom stereocenters. The number of carbonyl (C=O) groups is 2. The number of hydrogen-bond acceptors (Lipinski definition) is 4. The number of rotatable bonds is 5. The van der Waals surface area contributed by atoms with Crippen molar-refractivity contribution in [1.82, 2.24) is 15.2 Å². The number of aromatic nitrogens is 1. The van der Waals surface area contributed by atoms with Crippen LogP contribution >= 0.6 is 0 Å². The first-order chi connectivity index (χ1) is 14.9. The number of oxazole rings is 1. The van der Waals surface area contributed by atoms with Crippen molar-refractivity contribution in [2.24, 2.45) is 5.92 Å². The highest BCUT2D eigenvalue weighted by molar-refractivity contribution is 5.97. The van der Waals surface area contributed by atoms with Crippen molar-refractivity contribution in [3.8, 4) is 0 Å². The Bertz CT molecular complexity index is 1050. The van der Waals surface area contributed by atoms with E-state index in [0.29, 0.717) is 18.7 Å². The van der Waals surface area contributed by atoms with Gasteiger partial charge in [-0.3, -0.25) is 9.59 Å². The predicted molar refractivity (Wildman–Crippen MR) is 120 cm³/mol. The summed E-state index contributed by atoms with van der Waals surface area (Å²) < 4.78 is 5.93. The standard InChI is InChI=1S/C25H29N3O3/c1-16(2)22(27-23(29)19-8-6-7-17(3)15-19)25(30)28-13-11-18(12-14-28)24-26-20-9-4-5-10-21(20)31-24/h4-10,15-16,18,22H,11-14H2,1-3H3,(H,27,29)/t22-/m0/s1. The summed E-state index contributed by atoms with van der Waals surface area (Å²) in [6.45, 7) is 7.13. The molecule has 6 heteroatoms. The van der Waals surface area contributed by atoms with E-state index in [1.54, 1.807) is 6.07 Å². The van der Waals surface area contributed by atoms with Crippen LogP contribution in [0.3, 0.4) is 0 Å². The molecule has 0 saturated carbocycles. The third-order valence-corrected chi connectivity index (χ3v) is 5.97. The first-order valence-corrected chi connectivity index (χ1v) is 10.9. The fraction of sp³-hybridized carbons (Fsp3) is 0.400. The molecule has 3 aromatic rings. The van der Waals surface area contributed by atoms with Gasteiger partial charge in [0, 0.05) is 24.6 Å². The number of carbonyl (C=O) groups excluding carboxylic acids is 2. The molecule has 6 nitrogen and oxygen atoms in total. The second-order valence-electron chi connectivity index (χ2n) is 8.68. The van der Waals surface area contributed by atoms with Gasteiger partial charge in [0.05, 0.1) is 0 Å². The molecule has 1 saturated heterocycles. The smallest absolute Gasteiger partial charge is 0.251 e. The Morgan fingerprint density at radius 1 is 1.10 bits per heavy atom. The van der Waals surface area contributed by atoms with Crippen LogP contribution in [0.5, 0.6) is 0 Å². The number of hydrogen-bond donors (Lipinski definition) is 1. The molecule has 1 atom stereocenters. The van der Waals surface area contributed by atoms with Gasteiger partial charge in [0.1, 0.15) is 11.6 Å². The van der Waals surface area contributed by atoms with Crippen molar-refractivity contribution >= 4 is 22.9 Å². The lowest BCUT2D eigenvalue weighted by molar-refractivity contribution is -0.135. The molecule has 31 heavy (non-hydrogen) atoms. The largest absolute Gasteiger partial charge is 0.440 e. The first-order valence-electron chi connectivity index (χ1n) is 10.9. The summed E-state index contributed by atoms with van der Waals surface area (Å²) >= 11 is 0. The second-order valence-corrected chi connectivity index (χ2v) is 8.68. The van der Waals surface area contributed by atoms with Crippen LogP contribution in [0.2, 0.25) is 0 Å². The maximum Gasteiger partial charge on any atom is 0.251 e. The maximum atomic E-state index is 13.2. The lowest BCUT2D eigenvalue weighted by Crippen LogP contribution is -2.52. The normalized spacial score (nSPS) is 15.9. The summed E-state index contributed by atoms with van der Waals surface area (Å²) in [5.41, 5.74) is 3.26. The third-order valence-electron chi connectivity index (χ3n) is 5.97. The summed E-state index contributed by atoms with van der Waals surface area (Å²) in [6.07, 6.45) is 1.60. The monoisotopic (exact) mass is 419 g/mol. The molecular weight excluding hydrogens is 390 g/mol. The number of nitrogens with one attached hydrogen (secondary N) is 1. The molecule has 0 aliphatic carbocycles. The molecule has 2 amide bonds. The van der Waals surface area contributed by atoms with Crippen LogP contribution in [-0.4, -0.2) is 40.8 Å². The Hall–Kier alpha value is -3.15. The van der Waals surface area contributed by atoms with E-state index in [4.69, 9.17) is 4.42 Å². The van der Waals surface area contributed by atoms with Crippen LogP contribution in [0.15, 0.2) is 52.9 Å². The summed E-state index contributed by atoms with van der Waals surface area (Å²) in [7, 11) is 0. The van der Waals surface area contributed by atoms with Crippen molar-refractivity contribution in [3.05, 3.63) is 65.5 Å². The minimum Gasteiger partial charge on any atom is -0.440 e.